The Kier molecular flexibility index (Phi) is 14.7. The summed E-state index contributed by atoms with van der Waals surface area (Å²) in [5.41, 5.74) is -2.83. The van der Waals surface area contributed by atoms with Crippen LogP contribution in [-0.4, -0.2) is 78.9 Å². The average Bonchev–Trinajstić information content (AvgIpc) is 2.76. The Morgan fingerprint density at radius 3 is 1.30 bits per heavy atom. The van der Waals surface area contributed by atoms with Gasteiger partial charge in [-0.2, -0.15) is 0 Å². The van der Waals surface area contributed by atoms with Crippen LogP contribution in [0.25, 0.3) is 0 Å². The topological polar surface area (TPSA) is 184 Å². The number of hydrogen-bond acceptors (Lipinski definition) is 13. The first-order valence-electron chi connectivity index (χ1n) is 12.6. The second-order valence-electron chi connectivity index (χ2n) is 12.4. The summed E-state index contributed by atoms with van der Waals surface area (Å²) in [6, 6.07) is 0. The van der Waals surface area contributed by atoms with Crippen molar-refractivity contribution in [2.45, 2.75) is 86.8 Å². The van der Waals surface area contributed by atoms with Gasteiger partial charge >= 0.3 is 33.1 Å². The van der Waals surface area contributed by atoms with Crippen LogP contribution in [0, 0.1) is 16.2 Å². The van der Waals surface area contributed by atoms with E-state index in [1.54, 1.807) is 76.4 Å². The van der Waals surface area contributed by atoms with Crippen molar-refractivity contribution in [1.82, 2.24) is 4.90 Å². The molecule has 0 aromatic rings. The van der Waals surface area contributed by atoms with Gasteiger partial charge in [0.1, 0.15) is 6.23 Å². The maximum absolute atomic E-state index is 14.0. The molecule has 0 fully saturated rings. The molecule has 0 aromatic carbocycles. The molecular formula is C24H47NO13P2. The zero-order chi connectivity index (χ0) is 31.7. The fourth-order valence-electron chi connectivity index (χ4n) is 2.46. The van der Waals surface area contributed by atoms with E-state index in [0.29, 0.717) is 0 Å². The Balaban J connectivity index is 6.18. The summed E-state index contributed by atoms with van der Waals surface area (Å²) in [6.07, 6.45) is -1.79. The Morgan fingerprint density at radius 1 is 0.675 bits per heavy atom. The smallest absolute Gasteiger partial charge is 0.351 e. The molecule has 0 spiro atoms. The number of hydrogen-bond donors (Lipinski definition) is 2. The second kappa shape index (κ2) is 15.2. The average molecular weight is 620 g/mol. The van der Waals surface area contributed by atoms with Crippen molar-refractivity contribution in [3.8, 4) is 0 Å². The Hall–Kier alpha value is -1.37. The van der Waals surface area contributed by atoms with Crippen LogP contribution in [0.1, 0.15) is 75.2 Å². The molecule has 0 aliphatic rings. The fraction of sp³-hybridized carbons (Fsp3) is 0.875. The lowest BCUT2D eigenvalue weighted by molar-refractivity contribution is -0.162. The summed E-state index contributed by atoms with van der Waals surface area (Å²) >= 11 is 0. The van der Waals surface area contributed by atoms with E-state index in [0.717, 1.165) is 0 Å². The highest BCUT2D eigenvalue weighted by atomic mass is 31.2. The van der Waals surface area contributed by atoms with E-state index >= 15 is 0 Å². The highest BCUT2D eigenvalue weighted by molar-refractivity contribution is 7.72. The third-order valence-electron chi connectivity index (χ3n) is 5.13. The molecule has 0 rings (SSSR count). The van der Waals surface area contributed by atoms with Crippen molar-refractivity contribution in [3.05, 3.63) is 0 Å². The number of rotatable bonds is 15. The molecule has 0 saturated carbocycles. The third-order valence-corrected chi connectivity index (χ3v) is 10.3. The Morgan fingerprint density at radius 2 is 1.00 bits per heavy atom. The predicted octanol–water partition coefficient (Wildman–Crippen LogP) is 4.04. The lowest BCUT2D eigenvalue weighted by atomic mass is 9.98. The van der Waals surface area contributed by atoms with Crippen molar-refractivity contribution in [3.63, 3.8) is 0 Å². The van der Waals surface area contributed by atoms with Crippen LogP contribution < -0.4 is 0 Å². The van der Waals surface area contributed by atoms with Gasteiger partial charge in [0.2, 0.25) is 20.4 Å². The van der Waals surface area contributed by atoms with Crippen LogP contribution in [-0.2, 0) is 51.3 Å². The maximum Gasteiger partial charge on any atom is 0.351 e. The molecule has 16 heteroatoms. The molecule has 0 saturated heterocycles. The van der Waals surface area contributed by atoms with Crippen molar-refractivity contribution in [1.29, 1.82) is 0 Å². The van der Waals surface area contributed by atoms with Crippen LogP contribution >= 0.6 is 15.2 Å². The summed E-state index contributed by atoms with van der Waals surface area (Å²) in [5, 5.41) is 8.29. The zero-order valence-electron chi connectivity index (χ0n) is 25.4. The molecule has 3 unspecified atom stereocenters. The minimum atomic E-state index is -5.01. The number of carbonyl (C=O) groups is 3. The summed E-state index contributed by atoms with van der Waals surface area (Å²) in [6.45, 7) is 11.2. The number of ether oxygens (including phenoxy) is 3. The molecule has 0 amide bonds. The van der Waals surface area contributed by atoms with E-state index < -0.39 is 87.8 Å². The van der Waals surface area contributed by atoms with Gasteiger partial charge in [0, 0.05) is 0 Å². The quantitative estimate of drug-likeness (QED) is 0.116. The molecule has 236 valence electrons. The molecule has 3 atom stereocenters. The first-order chi connectivity index (χ1) is 17.8. The van der Waals surface area contributed by atoms with Gasteiger partial charge in [-0.3, -0.25) is 42.0 Å². The molecule has 0 aromatic heterocycles. The first-order valence-corrected chi connectivity index (χ1v) is 15.8. The molecular weight excluding hydrogens is 572 g/mol. The predicted molar refractivity (Wildman–Crippen MR) is 145 cm³/mol. The van der Waals surface area contributed by atoms with Crippen molar-refractivity contribution in [2.24, 2.45) is 16.2 Å². The van der Waals surface area contributed by atoms with Crippen molar-refractivity contribution < 1.29 is 61.3 Å². The Bertz CT molecular complexity index is 912. The van der Waals surface area contributed by atoms with Crippen LogP contribution in [0.5, 0.6) is 0 Å². The minimum absolute atomic E-state index is 0.201. The van der Waals surface area contributed by atoms with Gasteiger partial charge in [-0.25, -0.2) is 0 Å². The summed E-state index contributed by atoms with van der Waals surface area (Å²) in [4.78, 5) is 48.7. The largest absolute Gasteiger partial charge is 0.438 e. The minimum Gasteiger partial charge on any atom is -0.438 e. The fourth-order valence-corrected chi connectivity index (χ4v) is 6.63. The van der Waals surface area contributed by atoms with Gasteiger partial charge in [0.05, 0.1) is 16.2 Å². The van der Waals surface area contributed by atoms with E-state index in [-0.39, 0.29) is 6.42 Å². The van der Waals surface area contributed by atoms with Crippen LogP contribution in [0.4, 0.5) is 0 Å². The number of aliphatic hydroxyl groups excluding tert-OH is 1. The lowest BCUT2D eigenvalue weighted by Crippen LogP contribution is -2.30. The van der Waals surface area contributed by atoms with E-state index in [9.17, 15) is 33.5 Å². The number of nitrogens with zero attached hydrogens (tertiary/aromatic N) is 1. The second-order valence-corrected chi connectivity index (χ2v) is 17.0. The van der Waals surface area contributed by atoms with E-state index in [1.807, 2.05) is 0 Å². The highest BCUT2D eigenvalue weighted by Gasteiger charge is 2.50. The molecule has 0 bridgehead atoms. The number of aliphatic hydroxyl groups is 1. The molecule has 0 aliphatic heterocycles. The highest BCUT2D eigenvalue weighted by Crippen LogP contribution is 2.69. The maximum atomic E-state index is 14.0. The SMILES string of the molecule is CN(C)C(O)CCC(P(=O)(O)OCOC(=O)C(C)(C)C)P(=O)(OCOC(=O)C(C)(C)C)OCOC(=O)C(C)(C)C. The van der Waals surface area contributed by atoms with E-state index in [1.165, 1.54) is 4.90 Å². The van der Waals surface area contributed by atoms with Crippen LogP contribution in [0.15, 0.2) is 0 Å². The van der Waals surface area contributed by atoms with Gasteiger partial charge in [-0.15, -0.1) is 0 Å². The number of carbonyl (C=O) groups excluding carboxylic acids is 3. The van der Waals surface area contributed by atoms with Gasteiger partial charge in [-0.05, 0) is 89.3 Å². The molecule has 0 radical (unpaired) electrons. The van der Waals surface area contributed by atoms with Gasteiger partial charge in [0.25, 0.3) is 0 Å². The Labute approximate surface area is 237 Å². The third kappa shape index (κ3) is 13.5. The van der Waals surface area contributed by atoms with Gasteiger partial charge < -0.3 is 24.2 Å². The summed E-state index contributed by atoms with van der Waals surface area (Å²) < 4.78 is 57.8. The van der Waals surface area contributed by atoms with Gasteiger partial charge in [-0.1, -0.05) is 0 Å². The summed E-state index contributed by atoms with van der Waals surface area (Å²) in [5.74, 6) is -2.18. The van der Waals surface area contributed by atoms with Crippen LogP contribution in [0.3, 0.4) is 0 Å². The number of esters is 3. The van der Waals surface area contributed by atoms with Gasteiger partial charge in [0.15, 0.2) is 5.40 Å². The summed E-state index contributed by atoms with van der Waals surface area (Å²) in [7, 11) is -6.73. The van der Waals surface area contributed by atoms with E-state index in [4.69, 9.17) is 27.8 Å². The lowest BCUT2D eigenvalue weighted by Gasteiger charge is -2.31. The first kappa shape index (κ1) is 38.6. The van der Waals surface area contributed by atoms with Crippen molar-refractivity contribution in [2.75, 3.05) is 34.5 Å². The molecule has 40 heavy (non-hydrogen) atoms. The van der Waals surface area contributed by atoms with E-state index in [2.05, 4.69) is 0 Å². The normalized spacial score (nSPS) is 16.1. The monoisotopic (exact) mass is 619 g/mol. The molecule has 14 nitrogen and oxygen atoms in total. The molecule has 0 heterocycles. The molecule has 0 aliphatic carbocycles. The zero-order valence-corrected chi connectivity index (χ0v) is 27.2. The van der Waals surface area contributed by atoms with Crippen LogP contribution in [0.2, 0.25) is 0 Å². The molecule has 2 N–H and O–H groups in total. The van der Waals surface area contributed by atoms with Crippen molar-refractivity contribution >= 4 is 33.1 Å². The standard InChI is InChI=1S/C24H47NO13P2/c1-22(2,3)19(27)33-14-36-39(30,31)18(13-12-17(26)25(10)11)40(32,37-15-34-20(28)23(4,5)6)38-16-35-21(29)24(7,8)9/h17-18,26H,12-16H2,1-11H3,(H,30,31).